The lowest BCUT2D eigenvalue weighted by Crippen LogP contribution is -2.31. The molecule has 0 saturated carbocycles. The molecule has 1 aromatic rings. The highest BCUT2D eigenvalue weighted by atomic mass is 19.1. The van der Waals surface area contributed by atoms with Gasteiger partial charge in [0.05, 0.1) is 5.60 Å². The van der Waals surface area contributed by atoms with Crippen LogP contribution in [0, 0.1) is 12.7 Å². The Morgan fingerprint density at radius 2 is 2.26 bits per heavy atom. The molecular weight excluding hydrogens is 243 g/mol. The van der Waals surface area contributed by atoms with E-state index in [1.807, 2.05) is 13.0 Å². The molecular formula is C15H23FN2O. The summed E-state index contributed by atoms with van der Waals surface area (Å²) in [7, 11) is 0. The first-order chi connectivity index (χ1) is 8.87. The first-order valence-corrected chi connectivity index (χ1v) is 6.84. The number of hydrogen-bond donors (Lipinski definition) is 2. The number of rotatable bonds is 4. The van der Waals surface area contributed by atoms with Crippen LogP contribution in [0.5, 0.6) is 0 Å². The highest BCUT2D eigenvalue weighted by Crippen LogP contribution is 2.22. The molecule has 4 heteroatoms. The first-order valence-electron chi connectivity index (χ1n) is 6.84. The molecule has 1 heterocycles. The Morgan fingerprint density at radius 1 is 1.53 bits per heavy atom. The van der Waals surface area contributed by atoms with E-state index in [-0.39, 0.29) is 11.9 Å². The molecule has 106 valence electrons. The summed E-state index contributed by atoms with van der Waals surface area (Å²) >= 11 is 0. The average molecular weight is 266 g/mol. The molecule has 3 N–H and O–H groups in total. The molecule has 2 unspecified atom stereocenters. The summed E-state index contributed by atoms with van der Waals surface area (Å²) in [5, 5.41) is 9.89. The second kappa shape index (κ2) is 5.57. The molecule has 0 aromatic heterocycles. The molecule has 1 saturated heterocycles. The largest absolute Gasteiger partial charge is 0.389 e. The van der Waals surface area contributed by atoms with Crippen molar-refractivity contribution < 1.29 is 9.50 Å². The summed E-state index contributed by atoms with van der Waals surface area (Å²) in [4.78, 5) is 2.21. The van der Waals surface area contributed by atoms with E-state index < -0.39 is 5.60 Å². The molecule has 1 aliphatic heterocycles. The second-order valence-corrected chi connectivity index (χ2v) is 5.93. The SMILES string of the molecule is Cc1ccc(C(N)CCN2CCC(C)(O)C2)cc1F. The van der Waals surface area contributed by atoms with Crippen LogP contribution in [0.15, 0.2) is 18.2 Å². The molecule has 2 atom stereocenters. The molecule has 3 nitrogen and oxygen atoms in total. The Morgan fingerprint density at radius 3 is 2.84 bits per heavy atom. The van der Waals surface area contributed by atoms with Gasteiger partial charge in [-0.1, -0.05) is 12.1 Å². The first kappa shape index (κ1) is 14.4. The maximum Gasteiger partial charge on any atom is 0.126 e. The Kier molecular flexibility index (Phi) is 4.23. The quantitative estimate of drug-likeness (QED) is 0.876. The average Bonchev–Trinajstić information content (AvgIpc) is 2.69. The summed E-state index contributed by atoms with van der Waals surface area (Å²) in [5.74, 6) is -0.197. The molecule has 1 aromatic carbocycles. The van der Waals surface area contributed by atoms with E-state index >= 15 is 0 Å². The van der Waals surface area contributed by atoms with Crippen LogP contribution < -0.4 is 5.73 Å². The van der Waals surface area contributed by atoms with Gasteiger partial charge in [-0.15, -0.1) is 0 Å². The minimum absolute atomic E-state index is 0.152. The van der Waals surface area contributed by atoms with Crippen LogP contribution in [0.3, 0.4) is 0 Å². The van der Waals surface area contributed by atoms with Crippen LogP contribution in [0.4, 0.5) is 4.39 Å². The summed E-state index contributed by atoms with van der Waals surface area (Å²) in [5.41, 5.74) is 7.02. The van der Waals surface area contributed by atoms with Gasteiger partial charge in [-0.25, -0.2) is 4.39 Å². The lowest BCUT2D eigenvalue weighted by molar-refractivity contribution is 0.0684. The zero-order valence-electron chi connectivity index (χ0n) is 11.7. The predicted molar refractivity (Wildman–Crippen MR) is 74.4 cm³/mol. The van der Waals surface area contributed by atoms with Crippen molar-refractivity contribution in [1.29, 1.82) is 0 Å². The zero-order valence-corrected chi connectivity index (χ0v) is 11.7. The van der Waals surface area contributed by atoms with E-state index in [0.717, 1.165) is 31.5 Å². The van der Waals surface area contributed by atoms with Gasteiger partial charge in [0.25, 0.3) is 0 Å². The Hall–Kier alpha value is -0.970. The lowest BCUT2D eigenvalue weighted by atomic mass is 10.0. The van der Waals surface area contributed by atoms with Crippen LogP contribution in [0.2, 0.25) is 0 Å². The van der Waals surface area contributed by atoms with Gasteiger partial charge in [0.2, 0.25) is 0 Å². The highest BCUT2D eigenvalue weighted by molar-refractivity contribution is 5.25. The van der Waals surface area contributed by atoms with Crippen molar-refractivity contribution in [2.45, 2.75) is 38.3 Å². The summed E-state index contributed by atoms with van der Waals surface area (Å²) < 4.78 is 13.5. The van der Waals surface area contributed by atoms with Crippen LogP contribution in [-0.2, 0) is 0 Å². The van der Waals surface area contributed by atoms with Crippen molar-refractivity contribution in [1.82, 2.24) is 4.90 Å². The smallest absolute Gasteiger partial charge is 0.126 e. The van der Waals surface area contributed by atoms with Gasteiger partial charge in [-0.05, 0) is 43.9 Å². The molecule has 0 aliphatic carbocycles. The third-order valence-electron chi connectivity index (χ3n) is 3.91. The molecule has 0 amide bonds. The summed E-state index contributed by atoms with van der Waals surface area (Å²) in [6, 6.07) is 5.04. The number of benzene rings is 1. The Balaban J connectivity index is 1.87. The van der Waals surface area contributed by atoms with E-state index in [0.29, 0.717) is 12.1 Å². The molecule has 1 fully saturated rings. The molecule has 0 radical (unpaired) electrons. The van der Waals surface area contributed by atoms with E-state index in [9.17, 15) is 9.50 Å². The number of likely N-dealkylation sites (tertiary alicyclic amines) is 1. The number of hydrogen-bond acceptors (Lipinski definition) is 3. The molecule has 0 spiro atoms. The van der Waals surface area contributed by atoms with Gasteiger partial charge >= 0.3 is 0 Å². The number of aliphatic hydroxyl groups is 1. The Bertz CT molecular complexity index is 448. The van der Waals surface area contributed by atoms with Crippen molar-refractivity contribution in [3.63, 3.8) is 0 Å². The van der Waals surface area contributed by atoms with Gasteiger partial charge in [0.1, 0.15) is 5.82 Å². The number of aryl methyl sites for hydroxylation is 1. The van der Waals surface area contributed by atoms with Crippen LogP contribution in [-0.4, -0.2) is 35.2 Å². The van der Waals surface area contributed by atoms with Gasteiger partial charge in [0, 0.05) is 25.7 Å². The monoisotopic (exact) mass is 266 g/mol. The maximum absolute atomic E-state index is 13.5. The summed E-state index contributed by atoms with van der Waals surface area (Å²) in [6.07, 6.45) is 1.58. The van der Waals surface area contributed by atoms with Gasteiger partial charge in [-0.3, -0.25) is 0 Å². The van der Waals surface area contributed by atoms with E-state index in [1.165, 1.54) is 6.07 Å². The van der Waals surface area contributed by atoms with Crippen LogP contribution in [0.25, 0.3) is 0 Å². The number of nitrogens with zero attached hydrogens (tertiary/aromatic N) is 1. The topological polar surface area (TPSA) is 49.5 Å². The van der Waals surface area contributed by atoms with Crippen molar-refractivity contribution in [2.24, 2.45) is 5.73 Å². The number of β-amino-alcohol motifs (C(OH)–C–C–N with tert-alkyl or cyclic N) is 1. The van der Waals surface area contributed by atoms with Gasteiger partial charge < -0.3 is 15.7 Å². The number of halogens is 1. The molecule has 0 bridgehead atoms. The molecule has 1 aliphatic rings. The predicted octanol–water partition coefficient (Wildman–Crippen LogP) is 1.98. The van der Waals surface area contributed by atoms with E-state index in [4.69, 9.17) is 5.73 Å². The van der Waals surface area contributed by atoms with Crippen molar-refractivity contribution in [3.8, 4) is 0 Å². The summed E-state index contributed by atoms with van der Waals surface area (Å²) in [6.45, 7) is 6.05. The normalized spacial score (nSPS) is 25.7. The zero-order chi connectivity index (χ0) is 14.0. The highest BCUT2D eigenvalue weighted by Gasteiger charge is 2.30. The third kappa shape index (κ3) is 3.75. The second-order valence-electron chi connectivity index (χ2n) is 5.93. The van der Waals surface area contributed by atoms with E-state index in [2.05, 4.69) is 4.90 Å². The minimum Gasteiger partial charge on any atom is -0.389 e. The lowest BCUT2D eigenvalue weighted by Gasteiger charge is -2.21. The van der Waals surface area contributed by atoms with Crippen molar-refractivity contribution in [3.05, 3.63) is 35.1 Å². The van der Waals surface area contributed by atoms with Crippen LogP contribution in [0.1, 0.15) is 36.9 Å². The van der Waals surface area contributed by atoms with E-state index in [1.54, 1.807) is 13.0 Å². The fourth-order valence-electron chi connectivity index (χ4n) is 2.56. The maximum atomic E-state index is 13.5. The standard InChI is InChI=1S/C15H23FN2O/c1-11-3-4-12(9-13(11)16)14(17)5-7-18-8-6-15(2,19)10-18/h3-4,9,14,19H,5-8,10,17H2,1-2H3. The van der Waals surface area contributed by atoms with Crippen molar-refractivity contribution >= 4 is 0 Å². The molecule has 19 heavy (non-hydrogen) atoms. The van der Waals surface area contributed by atoms with Gasteiger partial charge in [-0.2, -0.15) is 0 Å². The minimum atomic E-state index is -0.569. The fraction of sp³-hybridized carbons (Fsp3) is 0.600. The third-order valence-corrected chi connectivity index (χ3v) is 3.91. The van der Waals surface area contributed by atoms with Crippen LogP contribution >= 0.6 is 0 Å². The van der Waals surface area contributed by atoms with Crippen molar-refractivity contribution in [2.75, 3.05) is 19.6 Å². The number of nitrogens with two attached hydrogens (primary N) is 1. The fourth-order valence-corrected chi connectivity index (χ4v) is 2.56. The van der Waals surface area contributed by atoms with Gasteiger partial charge in [0.15, 0.2) is 0 Å². The molecule has 2 rings (SSSR count). The Labute approximate surface area is 114 Å².